The van der Waals surface area contributed by atoms with Crippen molar-refractivity contribution in [3.05, 3.63) is 77.4 Å². The predicted molar refractivity (Wildman–Crippen MR) is 97.2 cm³/mol. The number of benzene rings is 2. The highest BCUT2D eigenvalue weighted by molar-refractivity contribution is 7.92. The van der Waals surface area contributed by atoms with Crippen LogP contribution in [0.1, 0.15) is 31.8 Å². The Morgan fingerprint density at radius 3 is 2.23 bits per heavy atom. The molecule has 0 atom stereocenters. The van der Waals surface area contributed by atoms with Crippen molar-refractivity contribution in [3.8, 4) is 0 Å². The lowest BCUT2D eigenvalue weighted by Gasteiger charge is -2.20. The molecule has 1 aliphatic carbocycles. The molecule has 0 radical (unpaired) electrons. The van der Waals surface area contributed by atoms with E-state index in [1.807, 2.05) is 0 Å². The summed E-state index contributed by atoms with van der Waals surface area (Å²) >= 11 is 0. The largest absolute Gasteiger partial charge is 0.324 e. The summed E-state index contributed by atoms with van der Waals surface area (Å²) in [6.07, 6.45) is 1.20. The normalized spacial score (nSPS) is 12.9. The van der Waals surface area contributed by atoms with E-state index in [0.29, 0.717) is 5.56 Å². The molecule has 0 aliphatic heterocycles. The Morgan fingerprint density at radius 1 is 0.962 bits per heavy atom. The molecule has 2 aromatic rings. The number of hydrogen-bond acceptors (Lipinski definition) is 5. The molecular formula is C19H15NO5S. The minimum Gasteiger partial charge on any atom is -0.324 e. The van der Waals surface area contributed by atoms with E-state index < -0.39 is 21.5 Å². The van der Waals surface area contributed by atoms with Crippen molar-refractivity contribution in [3.63, 3.8) is 0 Å². The highest BCUT2D eigenvalue weighted by atomic mass is 32.2. The molecule has 0 saturated heterocycles. The lowest BCUT2D eigenvalue weighted by Crippen LogP contribution is -2.27. The summed E-state index contributed by atoms with van der Waals surface area (Å²) in [5.41, 5.74) is 0.938. The zero-order chi connectivity index (χ0) is 18.9. The molecule has 0 bridgehead atoms. The summed E-state index contributed by atoms with van der Waals surface area (Å²) in [4.78, 5) is 37.5. The van der Waals surface area contributed by atoms with Gasteiger partial charge in [0.05, 0.1) is 17.0 Å². The number of amides is 1. The molecule has 0 spiro atoms. The minimum atomic E-state index is -3.63. The summed E-state index contributed by atoms with van der Waals surface area (Å²) in [5, 5.41) is 2.44. The summed E-state index contributed by atoms with van der Waals surface area (Å²) < 4.78 is 23.5. The van der Waals surface area contributed by atoms with Crippen molar-refractivity contribution in [2.24, 2.45) is 0 Å². The fourth-order valence-electron chi connectivity index (χ4n) is 2.87. The molecule has 1 N–H and O–H groups in total. The lowest BCUT2D eigenvalue weighted by molar-refractivity contribution is -0.113. The Morgan fingerprint density at radius 2 is 1.58 bits per heavy atom. The molecule has 1 aliphatic rings. The number of carbonyl (C=O) groups excluding carboxylic acids is 3. The van der Waals surface area contributed by atoms with Gasteiger partial charge in [-0.1, -0.05) is 42.5 Å². The van der Waals surface area contributed by atoms with E-state index in [9.17, 15) is 22.8 Å². The maximum atomic E-state index is 12.8. The quantitative estimate of drug-likeness (QED) is 0.694. The Balaban J connectivity index is 1.97. The first-order chi connectivity index (χ1) is 12.3. The number of ketones is 2. The van der Waals surface area contributed by atoms with Crippen LogP contribution >= 0.6 is 0 Å². The summed E-state index contributed by atoms with van der Waals surface area (Å²) in [5.74, 6) is -2.54. The summed E-state index contributed by atoms with van der Waals surface area (Å²) in [6.45, 7) is 3.34. The van der Waals surface area contributed by atoms with Gasteiger partial charge in [0, 0.05) is 16.7 Å². The third kappa shape index (κ3) is 3.21. The molecule has 0 unspecified atom stereocenters. The molecule has 0 saturated carbocycles. The van der Waals surface area contributed by atoms with Crippen molar-refractivity contribution < 1.29 is 22.8 Å². The summed E-state index contributed by atoms with van der Waals surface area (Å²) in [7, 11) is -3.63. The van der Waals surface area contributed by atoms with Gasteiger partial charge in [-0.25, -0.2) is 8.42 Å². The number of rotatable bonds is 5. The Hall–Kier alpha value is -3.06. The van der Waals surface area contributed by atoms with Crippen molar-refractivity contribution in [2.75, 3.05) is 16.8 Å². The van der Waals surface area contributed by atoms with Crippen LogP contribution in [0.25, 0.3) is 0 Å². The standard InChI is InChI=1S/C19H15NO5S/c1-2-10-26(24,25)11-16(21)20-15-9-5-8-14-17(15)19(23)13-7-4-3-6-12(13)18(14)22/h2-9H,1,10-11H2,(H,20,21). The zero-order valence-corrected chi connectivity index (χ0v) is 14.5. The van der Waals surface area contributed by atoms with Gasteiger partial charge < -0.3 is 5.32 Å². The number of nitrogens with one attached hydrogen (secondary N) is 1. The maximum Gasteiger partial charge on any atom is 0.239 e. The fourth-order valence-corrected chi connectivity index (χ4v) is 3.82. The number of sulfone groups is 1. The van der Waals surface area contributed by atoms with Crippen molar-refractivity contribution in [1.29, 1.82) is 0 Å². The van der Waals surface area contributed by atoms with Crippen LogP contribution in [0.4, 0.5) is 5.69 Å². The first-order valence-electron chi connectivity index (χ1n) is 7.76. The minimum absolute atomic E-state index is 0.0747. The average Bonchev–Trinajstić information content (AvgIpc) is 2.59. The van der Waals surface area contributed by atoms with E-state index in [4.69, 9.17) is 0 Å². The van der Waals surface area contributed by atoms with Gasteiger partial charge in [0.2, 0.25) is 5.91 Å². The van der Waals surface area contributed by atoms with Gasteiger partial charge in [-0.05, 0) is 6.07 Å². The van der Waals surface area contributed by atoms with Gasteiger partial charge in [-0.2, -0.15) is 0 Å². The topological polar surface area (TPSA) is 97.4 Å². The smallest absolute Gasteiger partial charge is 0.239 e. The molecule has 0 heterocycles. The molecular weight excluding hydrogens is 354 g/mol. The molecule has 132 valence electrons. The molecule has 0 aromatic heterocycles. The third-order valence-corrected chi connectivity index (χ3v) is 5.39. The van der Waals surface area contributed by atoms with Crippen LogP contribution in [0.3, 0.4) is 0 Å². The molecule has 2 aromatic carbocycles. The van der Waals surface area contributed by atoms with Crippen LogP contribution < -0.4 is 5.32 Å². The number of fused-ring (bicyclic) bond motifs is 2. The number of hydrogen-bond donors (Lipinski definition) is 1. The van der Waals surface area contributed by atoms with E-state index in [1.54, 1.807) is 24.3 Å². The first-order valence-corrected chi connectivity index (χ1v) is 9.59. The Labute approximate surface area is 150 Å². The van der Waals surface area contributed by atoms with Crippen LogP contribution in [0, 0.1) is 0 Å². The van der Waals surface area contributed by atoms with Gasteiger partial charge >= 0.3 is 0 Å². The fraction of sp³-hybridized carbons (Fsp3) is 0.105. The Bertz CT molecular complexity index is 1050. The number of carbonyl (C=O) groups is 3. The SMILES string of the molecule is C=CCS(=O)(=O)CC(=O)Nc1cccc2c1C(=O)c1ccccc1C2=O. The molecule has 6 nitrogen and oxygen atoms in total. The maximum absolute atomic E-state index is 12.8. The highest BCUT2D eigenvalue weighted by Gasteiger charge is 2.31. The number of anilines is 1. The van der Waals surface area contributed by atoms with Crippen molar-refractivity contribution in [2.45, 2.75) is 0 Å². The lowest BCUT2D eigenvalue weighted by atomic mass is 9.83. The van der Waals surface area contributed by atoms with E-state index >= 15 is 0 Å². The Kier molecular flexibility index (Phi) is 4.56. The van der Waals surface area contributed by atoms with Gasteiger partial charge in [0.15, 0.2) is 21.4 Å². The molecule has 0 fully saturated rings. The predicted octanol–water partition coefficient (Wildman–Crippen LogP) is 2.00. The molecule has 3 rings (SSSR count). The molecule has 26 heavy (non-hydrogen) atoms. The second-order valence-corrected chi connectivity index (χ2v) is 7.93. The monoisotopic (exact) mass is 369 g/mol. The van der Waals surface area contributed by atoms with Crippen LogP contribution in [0.2, 0.25) is 0 Å². The van der Waals surface area contributed by atoms with Gasteiger partial charge in [-0.15, -0.1) is 6.58 Å². The van der Waals surface area contributed by atoms with Gasteiger partial charge in [0.25, 0.3) is 0 Å². The van der Waals surface area contributed by atoms with Gasteiger partial charge in [0.1, 0.15) is 5.75 Å². The average molecular weight is 369 g/mol. The third-order valence-electron chi connectivity index (χ3n) is 3.95. The van der Waals surface area contributed by atoms with E-state index in [1.165, 1.54) is 24.3 Å². The van der Waals surface area contributed by atoms with Crippen LogP contribution in [0.5, 0.6) is 0 Å². The van der Waals surface area contributed by atoms with E-state index in [-0.39, 0.29) is 39.7 Å². The first kappa shape index (κ1) is 17.8. The van der Waals surface area contributed by atoms with E-state index in [2.05, 4.69) is 11.9 Å². The molecule has 7 heteroatoms. The van der Waals surface area contributed by atoms with Crippen LogP contribution in [-0.2, 0) is 14.6 Å². The second kappa shape index (κ2) is 6.68. The van der Waals surface area contributed by atoms with E-state index in [0.717, 1.165) is 0 Å². The second-order valence-electron chi connectivity index (χ2n) is 5.82. The molecule has 1 amide bonds. The van der Waals surface area contributed by atoms with Crippen LogP contribution in [-0.4, -0.2) is 37.4 Å². The van der Waals surface area contributed by atoms with Crippen molar-refractivity contribution in [1.82, 2.24) is 0 Å². The zero-order valence-electron chi connectivity index (χ0n) is 13.7. The van der Waals surface area contributed by atoms with Crippen LogP contribution in [0.15, 0.2) is 55.1 Å². The van der Waals surface area contributed by atoms with Crippen molar-refractivity contribution >= 4 is 33.0 Å². The van der Waals surface area contributed by atoms with Gasteiger partial charge in [-0.3, -0.25) is 14.4 Å². The summed E-state index contributed by atoms with van der Waals surface area (Å²) in [6, 6.07) is 11.0. The highest BCUT2D eigenvalue weighted by Crippen LogP contribution is 2.31.